The van der Waals surface area contributed by atoms with Gasteiger partial charge in [0.2, 0.25) is 11.9 Å². The summed E-state index contributed by atoms with van der Waals surface area (Å²) in [4.78, 5) is 32.5. The highest BCUT2D eigenvalue weighted by atomic mass is 19.1. The van der Waals surface area contributed by atoms with E-state index in [-0.39, 0.29) is 17.5 Å². The molecule has 0 aliphatic heterocycles. The van der Waals surface area contributed by atoms with E-state index >= 15 is 0 Å². The van der Waals surface area contributed by atoms with Crippen LogP contribution in [0.3, 0.4) is 0 Å². The summed E-state index contributed by atoms with van der Waals surface area (Å²) in [5.41, 5.74) is 3.95. The molecule has 4 rings (SSSR count). The number of carbonyl (C=O) groups is 2. The van der Waals surface area contributed by atoms with Crippen molar-refractivity contribution in [3.63, 3.8) is 0 Å². The third kappa shape index (κ3) is 3.46. The Labute approximate surface area is 160 Å². The zero-order valence-electron chi connectivity index (χ0n) is 15.1. The number of anilines is 3. The Morgan fingerprint density at radius 2 is 2.00 bits per heavy atom. The van der Waals surface area contributed by atoms with Crippen molar-refractivity contribution in [3.8, 4) is 11.3 Å². The molecule has 0 bridgehead atoms. The number of amides is 1. The second-order valence-corrected chi connectivity index (χ2v) is 6.52. The van der Waals surface area contributed by atoms with Gasteiger partial charge in [0.05, 0.1) is 11.4 Å². The van der Waals surface area contributed by atoms with Crippen molar-refractivity contribution < 1.29 is 14.0 Å². The second kappa shape index (κ2) is 7.19. The van der Waals surface area contributed by atoms with E-state index in [2.05, 4.69) is 20.6 Å². The van der Waals surface area contributed by atoms with Crippen molar-refractivity contribution in [3.05, 3.63) is 65.6 Å². The van der Waals surface area contributed by atoms with Gasteiger partial charge < -0.3 is 10.6 Å². The van der Waals surface area contributed by atoms with Crippen molar-refractivity contribution >= 4 is 29.0 Å². The van der Waals surface area contributed by atoms with Gasteiger partial charge in [-0.1, -0.05) is 12.1 Å². The maximum absolute atomic E-state index is 13.4. The summed E-state index contributed by atoms with van der Waals surface area (Å²) >= 11 is 0. The van der Waals surface area contributed by atoms with Gasteiger partial charge in [0.1, 0.15) is 5.82 Å². The normalized spacial score (nSPS) is 12.6. The molecule has 28 heavy (non-hydrogen) atoms. The first kappa shape index (κ1) is 17.8. The first-order valence-corrected chi connectivity index (χ1v) is 8.84. The van der Waals surface area contributed by atoms with Gasteiger partial charge in [0.25, 0.3) is 0 Å². The van der Waals surface area contributed by atoms with Crippen LogP contribution in [0.5, 0.6) is 0 Å². The topological polar surface area (TPSA) is 84.0 Å². The molecular formula is C21H17FN4O2. The molecule has 3 aromatic rings. The number of hydrogen-bond donors (Lipinski definition) is 2. The Bertz CT molecular complexity index is 1100. The summed E-state index contributed by atoms with van der Waals surface area (Å²) in [5, 5.41) is 5.71. The maximum atomic E-state index is 13.4. The minimum absolute atomic E-state index is 0.00719. The Morgan fingerprint density at radius 1 is 1.14 bits per heavy atom. The van der Waals surface area contributed by atoms with Crippen molar-refractivity contribution in [2.45, 2.75) is 19.8 Å². The summed E-state index contributed by atoms with van der Waals surface area (Å²) in [6, 6.07) is 11.4. The smallest absolute Gasteiger partial charge is 0.227 e. The number of nitrogens with zero attached hydrogens (tertiary/aromatic N) is 2. The number of carbonyl (C=O) groups excluding carboxylic acids is 2. The summed E-state index contributed by atoms with van der Waals surface area (Å²) < 4.78 is 13.4. The molecule has 140 valence electrons. The van der Waals surface area contributed by atoms with Crippen LogP contribution in [0.15, 0.2) is 48.7 Å². The standard InChI is InChI=1S/C21H17FN4O2/c1-12(27)24-18-7-5-15(16-6-8-19(28)20(16)18)17-9-10-23-21(26-17)25-14-4-2-3-13(22)11-14/h2-5,7,9-11H,6,8H2,1H3,(H,24,27)(H,23,25,26). The summed E-state index contributed by atoms with van der Waals surface area (Å²) in [7, 11) is 0. The molecule has 1 aliphatic rings. The van der Waals surface area contributed by atoms with Crippen LogP contribution < -0.4 is 10.6 Å². The highest BCUT2D eigenvalue weighted by Crippen LogP contribution is 2.36. The predicted octanol–water partition coefficient (Wildman–Crippen LogP) is 4.11. The van der Waals surface area contributed by atoms with Gasteiger partial charge in [-0.15, -0.1) is 0 Å². The number of hydrogen-bond acceptors (Lipinski definition) is 5. The molecule has 2 N–H and O–H groups in total. The highest BCUT2D eigenvalue weighted by Gasteiger charge is 2.27. The van der Waals surface area contributed by atoms with E-state index < -0.39 is 0 Å². The zero-order chi connectivity index (χ0) is 19.7. The average Bonchev–Trinajstić information content (AvgIpc) is 3.04. The van der Waals surface area contributed by atoms with Gasteiger partial charge >= 0.3 is 0 Å². The van der Waals surface area contributed by atoms with Gasteiger partial charge in [-0.05, 0) is 42.3 Å². The fraction of sp³-hybridized carbons (Fsp3) is 0.143. The molecule has 1 heterocycles. The lowest BCUT2D eigenvalue weighted by molar-refractivity contribution is -0.114. The molecule has 0 unspecified atom stereocenters. The van der Waals surface area contributed by atoms with Crippen LogP contribution in [0.1, 0.15) is 29.3 Å². The van der Waals surface area contributed by atoms with Gasteiger partial charge in [0.15, 0.2) is 5.78 Å². The van der Waals surface area contributed by atoms with E-state index in [0.29, 0.717) is 41.4 Å². The third-order valence-electron chi connectivity index (χ3n) is 4.52. The Balaban J connectivity index is 1.72. The molecule has 0 atom stereocenters. The molecule has 0 spiro atoms. The lowest BCUT2D eigenvalue weighted by Crippen LogP contribution is -2.10. The average molecular weight is 376 g/mol. The summed E-state index contributed by atoms with van der Waals surface area (Å²) in [6.45, 7) is 1.41. The molecule has 0 radical (unpaired) electrons. The molecule has 0 fully saturated rings. The molecular weight excluding hydrogens is 359 g/mol. The third-order valence-corrected chi connectivity index (χ3v) is 4.52. The molecule has 2 aromatic carbocycles. The minimum Gasteiger partial charge on any atom is -0.326 e. The van der Waals surface area contributed by atoms with Crippen molar-refractivity contribution in [2.24, 2.45) is 0 Å². The number of ketones is 1. The number of aromatic nitrogens is 2. The second-order valence-electron chi connectivity index (χ2n) is 6.52. The minimum atomic E-state index is -0.356. The Hall–Kier alpha value is -3.61. The van der Waals surface area contributed by atoms with Crippen LogP contribution >= 0.6 is 0 Å². The molecule has 0 saturated carbocycles. The van der Waals surface area contributed by atoms with E-state index in [9.17, 15) is 14.0 Å². The predicted molar refractivity (Wildman–Crippen MR) is 104 cm³/mol. The maximum Gasteiger partial charge on any atom is 0.227 e. The van der Waals surface area contributed by atoms with Crippen molar-refractivity contribution in [2.75, 3.05) is 10.6 Å². The van der Waals surface area contributed by atoms with Crippen LogP contribution in [-0.2, 0) is 11.2 Å². The van der Waals surface area contributed by atoms with E-state index in [1.807, 2.05) is 6.07 Å². The number of halogens is 1. The van der Waals surface area contributed by atoms with Crippen molar-refractivity contribution in [1.29, 1.82) is 0 Å². The van der Waals surface area contributed by atoms with E-state index in [1.54, 1.807) is 30.5 Å². The quantitative estimate of drug-likeness (QED) is 0.716. The Kier molecular flexibility index (Phi) is 4.57. The molecule has 1 aromatic heterocycles. The van der Waals surface area contributed by atoms with Crippen LogP contribution in [0.2, 0.25) is 0 Å². The largest absolute Gasteiger partial charge is 0.326 e. The van der Waals surface area contributed by atoms with E-state index in [1.165, 1.54) is 19.1 Å². The molecule has 1 amide bonds. The first-order chi connectivity index (χ1) is 13.5. The highest BCUT2D eigenvalue weighted by molar-refractivity contribution is 6.09. The molecule has 0 saturated heterocycles. The van der Waals surface area contributed by atoms with Crippen LogP contribution in [-0.4, -0.2) is 21.7 Å². The lowest BCUT2D eigenvalue weighted by atomic mass is 9.98. The fourth-order valence-electron chi connectivity index (χ4n) is 3.39. The van der Waals surface area contributed by atoms with Gasteiger partial charge in [-0.25, -0.2) is 14.4 Å². The van der Waals surface area contributed by atoms with Gasteiger partial charge in [-0.2, -0.15) is 0 Å². The lowest BCUT2D eigenvalue weighted by Gasteiger charge is -2.13. The fourth-order valence-corrected chi connectivity index (χ4v) is 3.39. The van der Waals surface area contributed by atoms with Crippen LogP contribution in [0.4, 0.5) is 21.7 Å². The number of rotatable bonds is 4. The summed E-state index contributed by atoms with van der Waals surface area (Å²) in [5.74, 6) is -0.246. The van der Waals surface area contributed by atoms with E-state index in [0.717, 1.165) is 11.1 Å². The number of fused-ring (bicyclic) bond motifs is 1. The van der Waals surface area contributed by atoms with Crippen LogP contribution in [0.25, 0.3) is 11.3 Å². The molecule has 6 nitrogen and oxygen atoms in total. The number of benzene rings is 2. The SMILES string of the molecule is CC(=O)Nc1ccc(-c2ccnc(Nc3cccc(F)c3)n2)c2c1C(=O)CC2. The Morgan fingerprint density at radius 3 is 2.79 bits per heavy atom. The van der Waals surface area contributed by atoms with Crippen LogP contribution in [0, 0.1) is 5.82 Å². The number of Topliss-reactive ketones (excluding diaryl/α,β-unsaturated/α-hetero) is 1. The van der Waals surface area contributed by atoms with Gasteiger partial charge in [-0.3, -0.25) is 9.59 Å². The summed E-state index contributed by atoms with van der Waals surface area (Å²) in [6.07, 6.45) is 2.60. The molecule has 1 aliphatic carbocycles. The molecule has 7 heteroatoms. The van der Waals surface area contributed by atoms with Gasteiger partial charge in [0, 0.05) is 36.4 Å². The zero-order valence-corrected chi connectivity index (χ0v) is 15.1. The monoisotopic (exact) mass is 376 g/mol. The first-order valence-electron chi connectivity index (χ1n) is 8.84. The number of nitrogens with one attached hydrogen (secondary N) is 2. The van der Waals surface area contributed by atoms with E-state index in [4.69, 9.17) is 0 Å². The van der Waals surface area contributed by atoms with Crippen molar-refractivity contribution in [1.82, 2.24) is 9.97 Å².